The van der Waals surface area contributed by atoms with E-state index in [9.17, 15) is 4.79 Å². The molecule has 1 aliphatic rings. The molecule has 3 heteroatoms. The fourth-order valence-corrected chi connectivity index (χ4v) is 2.94. The number of piperidine rings is 1. The number of benzene rings is 1. The first-order chi connectivity index (χ1) is 9.56. The predicted octanol–water partition coefficient (Wildman–Crippen LogP) is 3.64. The molecule has 0 aromatic heterocycles. The van der Waals surface area contributed by atoms with E-state index >= 15 is 0 Å². The van der Waals surface area contributed by atoms with Gasteiger partial charge < -0.3 is 5.11 Å². The molecule has 0 saturated carbocycles. The Hall–Kier alpha value is -1.35. The summed E-state index contributed by atoms with van der Waals surface area (Å²) in [6.07, 6.45) is 3.61. The Morgan fingerprint density at radius 3 is 2.60 bits per heavy atom. The van der Waals surface area contributed by atoms with Gasteiger partial charge in [0, 0.05) is 12.6 Å². The van der Waals surface area contributed by atoms with Crippen molar-refractivity contribution in [3.05, 3.63) is 35.4 Å². The number of aliphatic carboxylic acids is 1. The molecule has 1 aromatic rings. The number of carboxylic acids is 1. The molecule has 0 spiro atoms. The molecule has 110 valence electrons. The lowest BCUT2D eigenvalue weighted by Gasteiger charge is -2.35. The van der Waals surface area contributed by atoms with Gasteiger partial charge in [-0.3, -0.25) is 9.69 Å². The number of carboxylic acid groups (broad SMARTS) is 1. The second-order valence-corrected chi connectivity index (χ2v) is 6.11. The third kappa shape index (κ3) is 4.07. The number of likely N-dealkylation sites (tertiary alicyclic amines) is 1. The molecule has 3 nitrogen and oxygen atoms in total. The quantitative estimate of drug-likeness (QED) is 0.892. The van der Waals surface area contributed by atoms with E-state index in [0.717, 1.165) is 25.9 Å². The van der Waals surface area contributed by atoms with Gasteiger partial charge in [0.25, 0.3) is 0 Å². The van der Waals surface area contributed by atoms with Crippen LogP contribution in [0, 0.1) is 0 Å². The SMILES string of the molecule is CC(C)c1ccc(CN2CCCCC2CC(=O)O)cc1. The van der Waals surface area contributed by atoms with Crippen LogP contribution in [0.15, 0.2) is 24.3 Å². The van der Waals surface area contributed by atoms with Crippen molar-refractivity contribution in [2.75, 3.05) is 6.54 Å². The molecule has 0 aliphatic carbocycles. The lowest BCUT2D eigenvalue weighted by molar-refractivity contribution is -0.138. The van der Waals surface area contributed by atoms with Gasteiger partial charge in [0.2, 0.25) is 0 Å². The van der Waals surface area contributed by atoms with Crippen LogP contribution in [0.2, 0.25) is 0 Å². The Morgan fingerprint density at radius 2 is 2.00 bits per heavy atom. The summed E-state index contributed by atoms with van der Waals surface area (Å²) in [5.41, 5.74) is 2.64. The fraction of sp³-hybridized carbons (Fsp3) is 0.588. The van der Waals surface area contributed by atoms with Crippen molar-refractivity contribution < 1.29 is 9.90 Å². The molecular weight excluding hydrogens is 250 g/mol. The Balaban J connectivity index is 2.00. The van der Waals surface area contributed by atoms with Crippen LogP contribution in [-0.2, 0) is 11.3 Å². The van der Waals surface area contributed by atoms with E-state index in [4.69, 9.17) is 5.11 Å². The van der Waals surface area contributed by atoms with Gasteiger partial charge in [-0.15, -0.1) is 0 Å². The van der Waals surface area contributed by atoms with Crippen molar-refractivity contribution in [1.29, 1.82) is 0 Å². The Bertz CT molecular complexity index is 439. The molecule has 20 heavy (non-hydrogen) atoms. The van der Waals surface area contributed by atoms with Crippen molar-refractivity contribution in [3.8, 4) is 0 Å². The number of hydrogen-bond acceptors (Lipinski definition) is 2. The fourth-order valence-electron chi connectivity index (χ4n) is 2.94. The molecule has 1 heterocycles. The first-order valence-electron chi connectivity index (χ1n) is 7.61. The highest BCUT2D eigenvalue weighted by Gasteiger charge is 2.24. The molecule has 1 unspecified atom stereocenters. The summed E-state index contributed by atoms with van der Waals surface area (Å²) in [5, 5.41) is 9.02. The van der Waals surface area contributed by atoms with Crippen LogP contribution in [0.1, 0.15) is 56.6 Å². The van der Waals surface area contributed by atoms with Gasteiger partial charge in [-0.1, -0.05) is 44.5 Å². The van der Waals surface area contributed by atoms with Gasteiger partial charge in [0.05, 0.1) is 6.42 Å². The van der Waals surface area contributed by atoms with Crippen LogP contribution >= 0.6 is 0 Å². The highest BCUT2D eigenvalue weighted by molar-refractivity contribution is 5.67. The summed E-state index contributed by atoms with van der Waals surface area (Å²) in [6, 6.07) is 8.95. The minimum absolute atomic E-state index is 0.200. The topological polar surface area (TPSA) is 40.5 Å². The first kappa shape index (κ1) is 15.0. The molecule has 1 aliphatic heterocycles. The average Bonchev–Trinajstić information content (AvgIpc) is 2.41. The lowest BCUT2D eigenvalue weighted by Crippen LogP contribution is -2.40. The molecule has 2 rings (SSSR count). The van der Waals surface area contributed by atoms with Gasteiger partial charge in [-0.05, 0) is 36.4 Å². The smallest absolute Gasteiger partial charge is 0.304 e. The summed E-state index contributed by atoms with van der Waals surface area (Å²) in [4.78, 5) is 13.3. The van der Waals surface area contributed by atoms with Crippen LogP contribution in [-0.4, -0.2) is 28.6 Å². The van der Waals surface area contributed by atoms with Crippen molar-refractivity contribution in [1.82, 2.24) is 4.90 Å². The molecule has 1 saturated heterocycles. The van der Waals surface area contributed by atoms with E-state index < -0.39 is 5.97 Å². The standard InChI is InChI=1S/C17H25NO2/c1-13(2)15-8-6-14(7-9-15)12-18-10-4-3-5-16(18)11-17(19)20/h6-9,13,16H,3-5,10-12H2,1-2H3,(H,19,20). The van der Waals surface area contributed by atoms with Crippen molar-refractivity contribution >= 4 is 5.97 Å². The summed E-state index contributed by atoms with van der Waals surface area (Å²) in [6.45, 7) is 6.28. The molecule has 1 fully saturated rings. The van der Waals surface area contributed by atoms with E-state index in [0.29, 0.717) is 5.92 Å². The third-order valence-corrected chi connectivity index (χ3v) is 4.19. The third-order valence-electron chi connectivity index (χ3n) is 4.19. The highest BCUT2D eigenvalue weighted by atomic mass is 16.4. The Labute approximate surface area is 121 Å². The Kier molecular flexibility index (Phi) is 5.18. The molecule has 1 N–H and O–H groups in total. The maximum Gasteiger partial charge on any atom is 0.304 e. The van der Waals surface area contributed by atoms with E-state index in [-0.39, 0.29) is 12.5 Å². The minimum Gasteiger partial charge on any atom is -0.481 e. The minimum atomic E-state index is -0.683. The monoisotopic (exact) mass is 275 g/mol. The van der Waals surface area contributed by atoms with Crippen molar-refractivity contribution in [2.24, 2.45) is 0 Å². The summed E-state index contributed by atoms with van der Waals surface area (Å²) in [7, 11) is 0. The predicted molar refractivity (Wildman–Crippen MR) is 80.8 cm³/mol. The highest BCUT2D eigenvalue weighted by Crippen LogP contribution is 2.23. The van der Waals surface area contributed by atoms with Crippen LogP contribution in [0.5, 0.6) is 0 Å². The normalized spacial score (nSPS) is 20.2. The largest absolute Gasteiger partial charge is 0.481 e. The number of nitrogens with zero attached hydrogens (tertiary/aromatic N) is 1. The van der Waals surface area contributed by atoms with E-state index in [1.807, 2.05) is 0 Å². The zero-order valence-electron chi connectivity index (χ0n) is 12.5. The summed E-state index contributed by atoms with van der Waals surface area (Å²) in [5.74, 6) is -0.129. The van der Waals surface area contributed by atoms with Gasteiger partial charge in [-0.2, -0.15) is 0 Å². The Morgan fingerprint density at radius 1 is 1.30 bits per heavy atom. The second kappa shape index (κ2) is 6.89. The molecule has 1 aromatic carbocycles. The second-order valence-electron chi connectivity index (χ2n) is 6.11. The number of hydrogen-bond donors (Lipinski definition) is 1. The summed E-state index contributed by atoms with van der Waals surface area (Å²) >= 11 is 0. The average molecular weight is 275 g/mol. The summed E-state index contributed by atoms with van der Waals surface area (Å²) < 4.78 is 0. The van der Waals surface area contributed by atoms with Crippen LogP contribution < -0.4 is 0 Å². The molecule has 0 bridgehead atoms. The lowest BCUT2D eigenvalue weighted by atomic mass is 9.97. The van der Waals surface area contributed by atoms with Crippen molar-refractivity contribution in [3.63, 3.8) is 0 Å². The van der Waals surface area contributed by atoms with E-state index in [2.05, 4.69) is 43.0 Å². The van der Waals surface area contributed by atoms with Crippen LogP contribution in [0.3, 0.4) is 0 Å². The molecule has 1 atom stereocenters. The van der Waals surface area contributed by atoms with Crippen LogP contribution in [0.4, 0.5) is 0 Å². The molecule has 0 radical (unpaired) electrons. The van der Waals surface area contributed by atoms with Gasteiger partial charge in [0.1, 0.15) is 0 Å². The van der Waals surface area contributed by atoms with Gasteiger partial charge in [-0.25, -0.2) is 0 Å². The maximum atomic E-state index is 11.0. The van der Waals surface area contributed by atoms with Crippen LogP contribution in [0.25, 0.3) is 0 Å². The maximum absolute atomic E-state index is 11.0. The number of carbonyl (C=O) groups is 1. The molecular formula is C17H25NO2. The molecule has 0 amide bonds. The van der Waals surface area contributed by atoms with Crippen molar-refractivity contribution in [2.45, 2.75) is 58.0 Å². The van der Waals surface area contributed by atoms with E-state index in [1.165, 1.54) is 17.5 Å². The van der Waals surface area contributed by atoms with E-state index in [1.54, 1.807) is 0 Å². The zero-order chi connectivity index (χ0) is 14.5. The van der Waals surface area contributed by atoms with Gasteiger partial charge in [0.15, 0.2) is 0 Å². The number of rotatable bonds is 5. The first-order valence-corrected chi connectivity index (χ1v) is 7.61. The zero-order valence-corrected chi connectivity index (χ0v) is 12.5. The van der Waals surface area contributed by atoms with Gasteiger partial charge >= 0.3 is 5.97 Å².